The van der Waals surface area contributed by atoms with Gasteiger partial charge in [-0.25, -0.2) is 4.39 Å². The minimum absolute atomic E-state index is 0.123. The number of nitrogens with one attached hydrogen (secondary N) is 1. The van der Waals surface area contributed by atoms with Crippen molar-refractivity contribution in [3.63, 3.8) is 0 Å². The number of halogens is 2. The highest BCUT2D eigenvalue weighted by atomic mass is 35.5. The van der Waals surface area contributed by atoms with Crippen LogP contribution in [-0.4, -0.2) is 29.8 Å². The summed E-state index contributed by atoms with van der Waals surface area (Å²) >= 11 is 5.70. The van der Waals surface area contributed by atoms with E-state index in [2.05, 4.69) is 15.5 Å². The van der Waals surface area contributed by atoms with Gasteiger partial charge in [0.2, 0.25) is 5.82 Å². The molecule has 1 fully saturated rings. The molecule has 100 valence electrons. The van der Waals surface area contributed by atoms with Crippen molar-refractivity contribution in [2.75, 3.05) is 19.7 Å². The Hall–Kier alpha value is -1.50. The van der Waals surface area contributed by atoms with Gasteiger partial charge < -0.3 is 14.6 Å². The lowest BCUT2D eigenvalue weighted by atomic mass is 10.2. The molecule has 0 amide bonds. The molecule has 7 heteroatoms. The molecule has 1 unspecified atom stereocenters. The van der Waals surface area contributed by atoms with Gasteiger partial charge in [-0.05, 0) is 18.2 Å². The zero-order chi connectivity index (χ0) is 13.2. The third-order valence-corrected chi connectivity index (χ3v) is 3.05. The molecule has 2 heterocycles. The Balaban J connectivity index is 1.87. The lowest BCUT2D eigenvalue weighted by Crippen LogP contribution is -2.33. The van der Waals surface area contributed by atoms with Crippen molar-refractivity contribution in [1.29, 1.82) is 0 Å². The molecule has 0 aliphatic carbocycles. The van der Waals surface area contributed by atoms with Crippen molar-refractivity contribution in [3.05, 3.63) is 34.9 Å². The van der Waals surface area contributed by atoms with Crippen LogP contribution in [-0.2, 0) is 4.74 Å². The van der Waals surface area contributed by atoms with Gasteiger partial charge in [-0.1, -0.05) is 16.8 Å². The molecule has 1 aromatic carbocycles. The second-order valence-corrected chi connectivity index (χ2v) is 4.58. The minimum Gasteiger partial charge on any atom is -0.367 e. The monoisotopic (exact) mass is 283 g/mol. The summed E-state index contributed by atoms with van der Waals surface area (Å²) in [5.74, 6) is 0.0419. The van der Waals surface area contributed by atoms with Crippen molar-refractivity contribution in [2.24, 2.45) is 0 Å². The van der Waals surface area contributed by atoms with Crippen LogP contribution in [0.15, 0.2) is 22.7 Å². The largest absolute Gasteiger partial charge is 0.367 e. The molecule has 1 saturated heterocycles. The Morgan fingerprint density at radius 2 is 2.32 bits per heavy atom. The summed E-state index contributed by atoms with van der Waals surface area (Å²) in [7, 11) is 0. The van der Waals surface area contributed by atoms with Gasteiger partial charge in [0.25, 0.3) is 5.89 Å². The van der Waals surface area contributed by atoms with E-state index in [1.54, 1.807) is 6.07 Å². The summed E-state index contributed by atoms with van der Waals surface area (Å²) in [6.07, 6.45) is -0.262. The Morgan fingerprint density at radius 3 is 3.05 bits per heavy atom. The van der Waals surface area contributed by atoms with Crippen LogP contribution in [0, 0.1) is 5.82 Å². The summed E-state index contributed by atoms with van der Waals surface area (Å²) in [5.41, 5.74) is 0.229. The molecule has 1 aliphatic heterocycles. The summed E-state index contributed by atoms with van der Waals surface area (Å²) in [5, 5.41) is 7.31. The normalized spacial score (nSPS) is 19.6. The maximum absolute atomic E-state index is 13.7. The maximum atomic E-state index is 13.7. The Morgan fingerprint density at radius 1 is 1.42 bits per heavy atom. The van der Waals surface area contributed by atoms with E-state index in [4.69, 9.17) is 20.9 Å². The van der Waals surface area contributed by atoms with E-state index in [0.29, 0.717) is 24.0 Å². The fraction of sp³-hybridized carbons (Fsp3) is 0.333. The number of nitrogens with zero attached hydrogens (tertiary/aromatic N) is 2. The van der Waals surface area contributed by atoms with Gasteiger partial charge in [-0.15, -0.1) is 0 Å². The first-order chi connectivity index (χ1) is 9.24. The predicted octanol–water partition coefficient (Wildman–Crippen LogP) is 2.19. The molecule has 1 aromatic heterocycles. The fourth-order valence-electron chi connectivity index (χ4n) is 1.87. The predicted molar refractivity (Wildman–Crippen MR) is 66.3 cm³/mol. The first-order valence-corrected chi connectivity index (χ1v) is 6.23. The Labute approximate surface area is 113 Å². The lowest BCUT2D eigenvalue weighted by Gasteiger charge is -2.20. The number of hydrogen-bond donors (Lipinski definition) is 1. The lowest BCUT2D eigenvalue weighted by molar-refractivity contribution is 0.0208. The number of hydrogen-bond acceptors (Lipinski definition) is 5. The molecule has 3 rings (SSSR count). The van der Waals surface area contributed by atoms with Gasteiger partial charge in [0, 0.05) is 18.1 Å². The zero-order valence-corrected chi connectivity index (χ0v) is 10.7. The van der Waals surface area contributed by atoms with Crippen LogP contribution in [0.3, 0.4) is 0 Å². The molecule has 5 nitrogen and oxygen atoms in total. The van der Waals surface area contributed by atoms with E-state index < -0.39 is 5.82 Å². The van der Waals surface area contributed by atoms with Gasteiger partial charge in [0.1, 0.15) is 11.9 Å². The van der Waals surface area contributed by atoms with Crippen LogP contribution in [0.2, 0.25) is 5.02 Å². The van der Waals surface area contributed by atoms with Crippen LogP contribution in [0.1, 0.15) is 11.9 Å². The van der Waals surface area contributed by atoms with Crippen LogP contribution >= 0.6 is 11.6 Å². The molecular formula is C12H11ClFN3O2. The smallest absolute Gasteiger partial charge is 0.260 e. The summed E-state index contributed by atoms with van der Waals surface area (Å²) in [6.45, 7) is 2.00. The first-order valence-electron chi connectivity index (χ1n) is 5.85. The third-order valence-electron chi connectivity index (χ3n) is 2.82. The molecule has 0 saturated carbocycles. The number of ether oxygens (including phenoxy) is 1. The van der Waals surface area contributed by atoms with Crippen molar-refractivity contribution in [2.45, 2.75) is 6.10 Å². The minimum atomic E-state index is -0.495. The van der Waals surface area contributed by atoms with E-state index >= 15 is 0 Å². The van der Waals surface area contributed by atoms with E-state index in [1.807, 2.05) is 0 Å². The zero-order valence-electron chi connectivity index (χ0n) is 9.90. The molecule has 0 spiro atoms. The first kappa shape index (κ1) is 12.5. The summed E-state index contributed by atoms with van der Waals surface area (Å²) in [4.78, 5) is 4.17. The Bertz CT molecular complexity index is 584. The van der Waals surface area contributed by atoms with Gasteiger partial charge in [0.05, 0.1) is 12.2 Å². The van der Waals surface area contributed by atoms with Crippen molar-refractivity contribution in [3.8, 4) is 11.5 Å². The molecule has 0 bridgehead atoms. The molecule has 19 heavy (non-hydrogen) atoms. The highest BCUT2D eigenvalue weighted by Crippen LogP contribution is 2.25. The fourth-order valence-corrected chi connectivity index (χ4v) is 2.03. The maximum Gasteiger partial charge on any atom is 0.260 e. The molecule has 1 aliphatic rings. The quantitative estimate of drug-likeness (QED) is 0.915. The number of benzene rings is 1. The number of aromatic nitrogens is 2. The molecule has 1 atom stereocenters. The summed E-state index contributed by atoms with van der Waals surface area (Å²) in [6, 6.07) is 4.29. The van der Waals surface area contributed by atoms with Gasteiger partial charge in [-0.3, -0.25) is 0 Å². The van der Waals surface area contributed by atoms with E-state index in [-0.39, 0.29) is 17.6 Å². The van der Waals surface area contributed by atoms with Crippen molar-refractivity contribution < 1.29 is 13.7 Å². The average Bonchev–Trinajstić information content (AvgIpc) is 2.89. The van der Waals surface area contributed by atoms with Crippen molar-refractivity contribution in [1.82, 2.24) is 15.5 Å². The van der Waals surface area contributed by atoms with E-state index in [1.165, 1.54) is 12.1 Å². The summed E-state index contributed by atoms with van der Waals surface area (Å²) < 4.78 is 24.3. The highest BCUT2D eigenvalue weighted by molar-refractivity contribution is 6.30. The van der Waals surface area contributed by atoms with E-state index in [9.17, 15) is 4.39 Å². The van der Waals surface area contributed by atoms with Crippen LogP contribution in [0.4, 0.5) is 4.39 Å². The average molecular weight is 284 g/mol. The second-order valence-electron chi connectivity index (χ2n) is 4.15. The highest BCUT2D eigenvalue weighted by Gasteiger charge is 2.22. The molecule has 2 aromatic rings. The second kappa shape index (κ2) is 5.24. The van der Waals surface area contributed by atoms with Crippen LogP contribution in [0.25, 0.3) is 11.5 Å². The number of rotatable bonds is 2. The standard InChI is InChI=1S/C12H11ClFN3O2/c13-7-1-2-8(9(14)5-7)12-16-11(17-19-12)10-6-15-3-4-18-10/h1-2,5,10,15H,3-4,6H2. The van der Waals surface area contributed by atoms with E-state index in [0.717, 1.165) is 6.54 Å². The molecule has 0 radical (unpaired) electrons. The van der Waals surface area contributed by atoms with Crippen molar-refractivity contribution >= 4 is 11.6 Å². The Kier molecular flexibility index (Phi) is 3.46. The van der Waals surface area contributed by atoms with Gasteiger partial charge >= 0.3 is 0 Å². The topological polar surface area (TPSA) is 60.2 Å². The van der Waals surface area contributed by atoms with Gasteiger partial charge in [-0.2, -0.15) is 4.98 Å². The van der Waals surface area contributed by atoms with Crippen LogP contribution < -0.4 is 5.32 Å². The molecular weight excluding hydrogens is 273 g/mol. The SMILES string of the molecule is Fc1cc(Cl)ccc1-c1nc(C2CNCCO2)no1. The van der Waals surface area contributed by atoms with Crippen LogP contribution in [0.5, 0.6) is 0 Å². The number of morpholine rings is 1. The van der Waals surface area contributed by atoms with Gasteiger partial charge in [0.15, 0.2) is 0 Å². The molecule has 1 N–H and O–H groups in total. The third kappa shape index (κ3) is 2.60.